The summed E-state index contributed by atoms with van der Waals surface area (Å²) in [6, 6.07) is 0. The Hall–Kier alpha value is -1.32. The number of nitrogens with two attached hydrogens (primary N) is 1. The Balaban J connectivity index is 0. The van der Waals surface area contributed by atoms with Crippen molar-refractivity contribution in [3.8, 4) is 0 Å². The summed E-state index contributed by atoms with van der Waals surface area (Å²) in [5, 5.41) is 8.08. The number of rotatable bonds is 2. The highest BCUT2D eigenvalue weighted by atomic mass is 16.4. The Labute approximate surface area is 105 Å². The van der Waals surface area contributed by atoms with Crippen molar-refractivity contribution in [3.63, 3.8) is 0 Å². The quantitative estimate of drug-likeness (QED) is 0.780. The summed E-state index contributed by atoms with van der Waals surface area (Å²) in [5.41, 5.74) is 6.27. The van der Waals surface area contributed by atoms with Gasteiger partial charge in [-0.3, -0.25) is 9.79 Å². The third kappa shape index (κ3) is 20.7. The summed E-state index contributed by atoms with van der Waals surface area (Å²) < 4.78 is 0. The monoisotopic (exact) mass is 242 g/mol. The van der Waals surface area contributed by atoms with Crippen molar-refractivity contribution < 1.29 is 9.90 Å². The van der Waals surface area contributed by atoms with Crippen molar-refractivity contribution in [2.45, 2.75) is 53.4 Å². The predicted molar refractivity (Wildman–Crippen MR) is 73.1 cm³/mol. The van der Waals surface area contributed by atoms with Gasteiger partial charge in [-0.15, -0.1) is 0 Å². The molecule has 1 rings (SSSR count). The SMILES string of the molecule is CC(C)CC(=O)O.CCC.NC1=CN=CCC1. The van der Waals surface area contributed by atoms with E-state index in [-0.39, 0.29) is 12.3 Å². The van der Waals surface area contributed by atoms with Crippen LogP contribution in [0.5, 0.6) is 0 Å². The standard InChI is InChI=1S/C5H8N2.C5H10O2.C3H8/c6-5-2-1-3-7-4-5;1-4(2)3-5(6)7;1-3-2/h3-4H,1-2,6H2;4H,3H2,1-2H3,(H,6,7);3H2,1-2H3. The first kappa shape index (κ1) is 18.1. The second-order valence-electron chi connectivity index (χ2n) is 4.27. The lowest BCUT2D eigenvalue weighted by atomic mass is 10.1. The summed E-state index contributed by atoms with van der Waals surface area (Å²) in [6.07, 6.45) is 7.08. The maximum absolute atomic E-state index is 9.81. The fraction of sp³-hybridized carbons (Fsp3) is 0.692. The fourth-order valence-corrected chi connectivity index (χ4v) is 0.868. The Morgan fingerprint density at radius 2 is 2.06 bits per heavy atom. The largest absolute Gasteiger partial charge is 0.481 e. The van der Waals surface area contributed by atoms with Crippen molar-refractivity contribution in [1.29, 1.82) is 0 Å². The van der Waals surface area contributed by atoms with Crippen molar-refractivity contribution in [3.05, 3.63) is 11.9 Å². The molecule has 3 N–H and O–H groups in total. The van der Waals surface area contributed by atoms with Crippen LogP contribution in [0, 0.1) is 5.92 Å². The molecule has 0 aromatic heterocycles. The molecule has 0 unspecified atom stereocenters. The van der Waals surface area contributed by atoms with Gasteiger partial charge in [0.25, 0.3) is 0 Å². The van der Waals surface area contributed by atoms with E-state index in [4.69, 9.17) is 10.8 Å². The molecule has 0 atom stereocenters. The number of aliphatic carboxylic acids is 1. The Morgan fingerprint density at radius 3 is 2.18 bits per heavy atom. The van der Waals surface area contributed by atoms with Crippen LogP contribution in [0.25, 0.3) is 0 Å². The molecule has 0 fully saturated rings. The molecule has 1 aliphatic rings. The first-order chi connectivity index (χ1) is 7.93. The maximum Gasteiger partial charge on any atom is 0.303 e. The first-order valence-corrected chi connectivity index (χ1v) is 6.11. The molecule has 1 aliphatic heterocycles. The summed E-state index contributed by atoms with van der Waals surface area (Å²) in [6.45, 7) is 8.02. The van der Waals surface area contributed by atoms with E-state index in [1.807, 2.05) is 20.1 Å². The minimum absolute atomic E-state index is 0.275. The van der Waals surface area contributed by atoms with Gasteiger partial charge >= 0.3 is 5.97 Å². The lowest BCUT2D eigenvalue weighted by Crippen LogP contribution is -1.99. The van der Waals surface area contributed by atoms with Crippen LogP contribution in [0.15, 0.2) is 16.9 Å². The molecule has 0 aromatic rings. The average Bonchev–Trinajstić information content (AvgIpc) is 2.18. The molecule has 0 saturated carbocycles. The molecule has 17 heavy (non-hydrogen) atoms. The lowest BCUT2D eigenvalue weighted by molar-refractivity contribution is -0.137. The number of aliphatic imine (C=N–C) groups is 1. The molecule has 0 bridgehead atoms. The number of carbonyl (C=O) groups is 1. The van der Waals surface area contributed by atoms with Crippen LogP contribution < -0.4 is 5.73 Å². The number of allylic oxidation sites excluding steroid dienone is 1. The van der Waals surface area contributed by atoms with Crippen molar-refractivity contribution in [2.24, 2.45) is 16.6 Å². The second-order valence-corrected chi connectivity index (χ2v) is 4.27. The zero-order chi connectivity index (χ0) is 13.7. The zero-order valence-electron chi connectivity index (χ0n) is 11.4. The zero-order valence-corrected chi connectivity index (χ0v) is 11.4. The smallest absolute Gasteiger partial charge is 0.303 e. The van der Waals surface area contributed by atoms with Crippen LogP contribution in [-0.4, -0.2) is 17.3 Å². The minimum atomic E-state index is -0.713. The highest BCUT2D eigenvalue weighted by Gasteiger charge is 1.98. The van der Waals surface area contributed by atoms with Crippen LogP contribution in [0.2, 0.25) is 0 Å². The Morgan fingerprint density at radius 1 is 1.53 bits per heavy atom. The van der Waals surface area contributed by atoms with E-state index in [0.717, 1.165) is 18.5 Å². The third-order valence-corrected chi connectivity index (χ3v) is 1.49. The summed E-state index contributed by atoms with van der Waals surface area (Å²) in [5.74, 6) is -0.438. The van der Waals surface area contributed by atoms with Gasteiger partial charge in [0, 0.05) is 24.5 Å². The molecular formula is C13H26N2O2. The van der Waals surface area contributed by atoms with Crippen LogP contribution in [0.1, 0.15) is 53.4 Å². The Kier molecular flexibility index (Phi) is 13.5. The van der Waals surface area contributed by atoms with E-state index < -0.39 is 5.97 Å². The van der Waals surface area contributed by atoms with Gasteiger partial charge in [-0.25, -0.2) is 0 Å². The predicted octanol–water partition coefficient (Wildman–Crippen LogP) is 3.18. The van der Waals surface area contributed by atoms with Crippen LogP contribution in [-0.2, 0) is 4.79 Å². The van der Waals surface area contributed by atoms with Crippen molar-refractivity contribution in [1.82, 2.24) is 0 Å². The molecule has 4 heteroatoms. The van der Waals surface area contributed by atoms with Gasteiger partial charge in [-0.2, -0.15) is 0 Å². The number of nitrogens with zero attached hydrogens (tertiary/aromatic N) is 1. The van der Waals surface area contributed by atoms with Crippen LogP contribution in [0.3, 0.4) is 0 Å². The normalized spacial score (nSPS) is 12.9. The molecule has 0 amide bonds. The number of hydrogen-bond acceptors (Lipinski definition) is 3. The van der Waals surface area contributed by atoms with Crippen LogP contribution >= 0.6 is 0 Å². The molecular weight excluding hydrogens is 216 g/mol. The lowest BCUT2D eigenvalue weighted by Gasteiger charge is -1.98. The highest BCUT2D eigenvalue weighted by Crippen LogP contribution is 2.00. The molecule has 1 heterocycles. The van der Waals surface area contributed by atoms with E-state index in [9.17, 15) is 4.79 Å². The number of carboxylic acids is 1. The topological polar surface area (TPSA) is 75.7 Å². The molecule has 0 aliphatic carbocycles. The molecule has 4 nitrogen and oxygen atoms in total. The van der Waals surface area contributed by atoms with Crippen molar-refractivity contribution >= 4 is 12.2 Å². The van der Waals surface area contributed by atoms with Crippen LogP contribution in [0.4, 0.5) is 0 Å². The van der Waals surface area contributed by atoms with E-state index >= 15 is 0 Å². The molecule has 0 aromatic carbocycles. The molecule has 100 valence electrons. The fourth-order valence-electron chi connectivity index (χ4n) is 0.868. The molecule has 0 radical (unpaired) electrons. The van der Waals surface area contributed by atoms with Gasteiger partial charge in [0.15, 0.2) is 0 Å². The van der Waals surface area contributed by atoms with Gasteiger partial charge in [-0.1, -0.05) is 34.1 Å². The first-order valence-electron chi connectivity index (χ1n) is 6.11. The Bertz CT molecular complexity index is 246. The third-order valence-electron chi connectivity index (χ3n) is 1.49. The van der Waals surface area contributed by atoms with Gasteiger partial charge in [0.05, 0.1) is 0 Å². The summed E-state index contributed by atoms with van der Waals surface area (Å²) in [7, 11) is 0. The van der Waals surface area contributed by atoms with Gasteiger partial charge in [-0.05, 0) is 18.8 Å². The molecule has 0 spiro atoms. The summed E-state index contributed by atoms with van der Waals surface area (Å²) >= 11 is 0. The second kappa shape index (κ2) is 12.7. The van der Waals surface area contributed by atoms with Gasteiger partial charge in [0.2, 0.25) is 0 Å². The van der Waals surface area contributed by atoms with E-state index in [1.165, 1.54) is 6.42 Å². The van der Waals surface area contributed by atoms with E-state index in [1.54, 1.807) is 6.20 Å². The number of carboxylic acid groups (broad SMARTS) is 1. The van der Waals surface area contributed by atoms with E-state index in [2.05, 4.69) is 18.8 Å². The minimum Gasteiger partial charge on any atom is -0.481 e. The number of hydrogen-bond donors (Lipinski definition) is 2. The average molecular weight is 242 g/mol. The summed E-state index contributed by atoms with van der Waals surface area (Å²) in [4.78, 5) is 13.7. The van der Waals surface area contributed by atoms with Crippen molar-refractivity contribution in [2.75, 3.05) is 0 Å². The highest BCUT2D eigenvalue weighted by molar-refractivity contribution is 5.66. The van der Waals surface area contributed by atoms with Gasteiger partial charge in [0.1, 0.15) is 0 Å². The molecule has 0 saturated heterocycles. The van der Waals surface area contributed by atoms with E-state index in [0.29, 0.717) is 0 Å². The maximum atomic E-state index is 9.81. The van der Waals surface area contributed by atoms with Gasteiger partial charge < -0.3 is 10.8 Å².